The normalized spacial score (nSPS) is 12.2. The third-order valence-corrected chi connectivity index (χ3v) is 3.09. The number of hydrogen-bond donors (Lipinski definition) is 2. The maximum Gasteiger partial charge on any atom is 0.389 e. The Kier molecular flexibility index (Phi) is 4.37. The molecule has 1 heterocycles. The Bertz CT molecular complexity index is 548. The predicted molar refractivity (Wildman–Crippen MR) is 70.3 cm³/mol. The highest BCUT2D eigenvalue weighted by molar-refractivity contribution is 6.31. The van der Waals surface area contributed by atoms with Crippen LogP contribution in [-0.2, 0) is 6.54 Å². The molecule has 0 fully saturated rings. The number of aromatic nitrogens is 1. The summed E-state index contributed by atoms with van der Waals surface area (Å²) in [5.74, 6) is 0. The first-order valence-electron chi connectivity index (χ1n) is 5.99. The van der Waals surface area contributed by atoms with Crippen molar-refractivity contribution >= 4 is 22.5 Å². The number of hydrogen-bond acceptors (Lipinski definition) is 1. The topological polar surface area (TPSA) is 27.8 Å². The molecule has 0 atom stereocenters. The Morgan fingerprint density at radius 2 is 2.05 bits per heavy atom. The second-order valence-corrected chi connectivity index (χ2v) is 4.84. The summed E-state index contributed by atoms with van der Waals surface area (Å²) >= 11 is 5.87. The van der Waals surface area contributed by atoms with E-state index in [0.29, 0.717) is 18.1 Å². The van der Waals surface area contributed by atoms with Crippen molar-refractivity contribution in [3.63, 3.8) is 0 Å². The van der Waals surface area contributed by atoms with Gasteiger partial charge >= 0.3 is 6.18 Å². The molecule has 6 heteroatoms. The van der Waals surface area contributed by atoms with Crippen LogP contribution in [0.2, 0.25) is 5.02 Å². The summed E-state index contributed by atoms with van der Waals surface area (Å²) in [7, 11) is 0. The third-order valence-electron chi connectivity index (χ3n) is 2.86. The largest absolute Gasteiger partial charge is 0.389 e. The molecule has 0 saturated carbocycles. The van der Waals surface area contributed by atoms with E-state index >= 15 is 0 Å². The maximum absolute atomic E-state index is 12.0. The fraction of sp³-hybridized carbons (Fsp3) is 0.385. The van der Waals surface area contributed by atoms with E-state index in [9.17, 15) is 13.2 Å². The molecule has 0 radical (unpaired) electrons. The molecular formula is C13H14ClF3N2. The molecule has 2 N–H and O–H groups in total. The lowest BCUT2D eigenvalue weighted by molar-refractivity contribution is -0.135. The van der Waals surface area contributed by atoms with E-state index in [1.807, 2.05) is 18.3 Å². The van der Waals surface area contributed by atoms with Crippen molar-refractivity contribution in [2.45, 2.75) is 25.6 Å². The van der Waals surface area contributed by atoms with E-state index in [4.69, 9.17) is 11.6 Å². The molecule has 0 unspecified atom stereocenters. The van der Waals surface area contributed by atoms with Gasteiger partial charge in [0.1, 0.15) is 0 Å². The van der Waals surface area contributed by atoms with Crippen molar-refractivity contribution in [1.82, 2.24) is 10.3 Å². The molecule has 1 aromatic carbocycles. The zero-order valence-corrected chi connectivity index (χ0v) is 10.9. The van der Waals surface area contributed by atoms with Crippen molar-refractivity contribution < 1.29 is 13.2 Å². The van der Waals surface area contributed by atoms with Crippen molar-refractivity contribution in [1.29, 1.82) is 0 Å². The average molecular weight is 291 g/mol. The first kappa shape index (κ1) is 14.2. The molecule has 2 nitrogen and oxygen atoms in total. The lowest BCUT2D eigenvalue weighted by Crippen LogP contribution is -2.17. The molecule has 0 saturated heterocycles. The van der Waals surface area contributed by atoms with Crippen molar-refractivity contribution in [3.8, 4) is 0 Å². The number of rotatable bonds is 5. The molecule has 0 amide bonds. The van der Waals surface area contributed by atoms with Gasteiger partial charge in [0.05, 0.1) is 0 Å². The summed E-state index contributed by atoms with van der Waals surface area (Å²) in [4.78, 5) is 3.09. The van der Waals surface area contributed by atoms with Crippen molar-refractivity contribution in [2.75, 3.05) is 6.54 Å². The number of benzene rings is 1. The van der Waals surface area contributed by atoms with Gasteiger partial charge in [-0.1, -0.05) is 17.7 Å². The minimum Gasteiger partial charge on any atom is -0.361 e. The zero-order chi connectivity index (χ0) is 13.9. The highest BCUT2D eigenvalue weighted by Crippen LogP contribution is 2.22. The van der Waals surface area contributed by atoms with Gasteiger partial charge in [-0.2, -0.15) is 13.2 Å². The van der Waals surface area contributed by atoms with Gasteiger partial charge in [0.15, 0.2) is 0 Å². The number of nitrogens with one attached hydrogen (secondary N) is 2. The SMILES string of the molecule is FC(F)(F)CCCNCc1c[nH]c2cc(Cl)ccc12. The fourth-order valence-corrected chi connectivity index (χ4v) is 2.11. The van der Waals surface area contributed by atoms with Crippen LogP contribution in [-0.4, -0.2) is 17.7 Å². The molecule has 0 aliphatic carbocycles. The van der Waals surface area contributed by atoms with Crippen LogP contribution in [0.15, 0.2) is 24.4 Å². The van der Waals surface area contributed by atoms with Crippen LogP contribution < -0.4 is 5.32 Å². The third kappa shape index (κ3) is 4.14. The van der Waals surface area contributed by atoms with E-state index in [1.165, 1.54) is 0 Å². The van der Waals surface area contributed by atoms with E-state index in [2.05, 4.69) is 10.3 Å². The molecule has 0 aliphatic rings. The van der Waals surface area contributed by atoms with Gasteiger partial charge in [-0.05, 0) is 30.7 Å². The summed E-state index contributed by atoms with van der Waals surface area (Å²) in [6.07, 6.45) is -2.88. The van der Waals surface area contributed by atoms with Gasteiger partial charge in [-0.25, -0.2) is 0 Å². The Balaban J connectivity index is 1.85. The monoisotopic (exact) mass is 290 g/mol. The molecule has 0 bridgehead atoms. The highest BCUT2D eigenvalue weighted by atomic mass is 35.5. The first-order chi connectivity index (χ1) is 8.96. The van der Waals surface area contributed by atoms with Gasteiger partial charge in [-0.3, -0.25) is 0 Å². The predicted octanol–water partition coefficient (Wildman–Crippen LogP) is 4.25. The van der Waals surface area contributed by atoms with Crippen LogP contribution in [0.4, 0.5) is 13.2 Å². The van der Waals surface area contributed by atoms with E-state index in [0.717, 1.165) is 16.5 Å². The summed E-state index contributed by atoms with van der Waals surface area (Å²) < 4.78 is 35.9. The molecule has 2 aromatic rings. The number of aromatic amines is 1. The fourth-order valence-electron chi connectivity index (χ4n) is 1.94. The molecule has 0 spiro atoms. The van der Waals surface area contributed by atoms with Crippen LogP contribution in [0, 0.1) is 0 Å². The Labute approximate surface area is 113 Å². The summed E-state index contributed by atoms with van der Waals surface area (Å²) in [6.45, 7) is 0.888. The molecular weight excluding hydrogens is 277 g/mol. The Morgan fingerprint density at radius 1 is 1.26 bits per heavy atom. The number of H-pyrrole nitrogens is 1. The minimum atomic E-state index is -4.07. The number of halogens is 4. The lowest BCUT2D eigenvalue weighted by atomic mass is 10.2. The minimum absolute atomic E-state index is 0.0949. The van der Waals surface area contributed by atoms with Gasteiger partial charge in [0.2, 0.25) is 0 Å². The molecule has 2 rings (SSSR count). The van der Waals surface area contributed by atoms with Crippen molar-refractivity contribution in [3.05, 3.63) is 35.0 Å². The van der Waals surface area contributed by atoms with Crippen molar-refractivity contribution in [2.24, 2.45) is 0 Å². The highest BCUT2D eigenvalue weighted by Gasteiger charge is 2.25. The van der Waals surface area contributed by atoms with Crippen LogP contribution in [0.1, 0.15) is 18.4 Å². The second-order valence-electron chi connectivity index (χ2n) is 4.40. The Morgan fingerprint density at radius 3 is 2.79 bits per heavy atom. The zero-order valence-electron chi connectivity index (χ0n) is 10.1. The summed E-state index contributed by atoms with van der Waals surface area (Å²) in [5, 5.41) is 4.70. The Hall–Kier alpha value is -1.20. The van der Waals surface area contributed by atoms with Crippen LogP contribution in [0.5, 0.6) is 0 Å². The summed E-state index contributed by atoms with van der Waals surface area (Å²) in [6, 6.07) is 5.52. The maximum atomic E-state index is 12.0. The van der Waals surface area contributed by atoms with Gasteiger partial charge in [0, 0.05) is 35.1 Å². The smallest absolute Gasteiger partial charge is 0.361 e. The van der Waals surface area contributed by atoms with Gasteiger partial charge in [-0.15, -0.1) is 0 Å². The van der Waals surface area contributed by atoms with E-state index in [-0.39, 0.29) is 6.42 Å². The lowest BCUT2D eigenvalue weighted by Gasteiger charge is -2.06. The van der Waals surface area contributed by atoms with Crippen LogP contribution in [0.3, 0.4) is 0 Å². The molecule has 0 aliphatic heterocycles. The van der Waals surface area contributed by atoms with Crippen LogP contribution in [0.25, 0.3) is 10.9 Å². The van der Waals surface area contributed by atoms with Gasteiger partial charge in [0.25, 0.3) is 0 Å². The standard InChI is InChI=1S/C13H14ClF3N2/c14-10-2-3-11-9(8-19-12(11)6-10)7-18-5-1-4-13(15,16)17/h2-3,6,8,18-19H,1,4-5,7H2. The average Bonchev–Trinajstić information content (AvgIpc) is 2.69. The molecule has 104 valence electrons. The van der Waals surface area contributed by atoms with Gasteiger partial charge < -0.3 is 10.3 Å². The van der Waals surface area contributed by atoms with Crippen LogP contribution >= 0.6 is 11.6 Å². The second kappa shape index (κ2) is 5.84. The number of alkyl halides is 3. The first-order valence-corrected chi connectivity index (χ1v) is 6.36. The van der Waals surface area contributed by atoms with E-state index in [1.54, 1.807) is 6.07 Å². The number of fused-ring (bicyclic) bond motifs is 1. The summed E-state index contributed by atoms with van der Waals surface area (Å²) in [5.41, 5.74) is 1.96. The quantitative estimate of drug-likeness (QED) is 0.792. The molecule has 19 heavy (non-hydrogen) atoms. The molecule has 1 aromatic heterocycles. The van der Waals surface area contributed by atoms with E-state index < -0.39 is 12.6 Å².